The van der Waals surface area contributed by atoms with Crippen LogP contribution in [0.4, 0.5) is 4.79 Å². The maximum Gasteiger partial charge on any atom is 0.409 e. The Morgan fingerprint density at radius 2 is 2.35 bits per heavy atom. The van der Waals surface area contributed by atoms with E-state index in [1.54, 1.807) is 4.90 Å². The molecule has 0 aliphatic carbocycles. The molecule has 5 heteroatoms. The number of methoxy groups -OCH3 is 1. The predicted octanol–water partition coefficient (Wildman–Crippen LogP) is 1.45. The Hall–Kier alpha value is -1.59. The maximum atomic E-state index is 11.7. The third kappa shape index (κ3) is 3.11. The van der Waals surface area contributed by atoms with E-state index >= 15 is 0 Å². The Labute approximate surface area is 119 Å². The van der Waals surface area contributed by atoms with Crippen molar-refractivity contribution in [2.75, 3.05) is 26.8 Å². The molecule has 1 amide bonds. The summed E-state index contributed by atoms with van der Waals surface area (Å²) in [5.74, 6) is 0. The first kappa shape index (κ1) is 14.8. The Morgan fingerprint density at radius 1 is 1.55 bits per heavy atom. The van der Waals surface area contributed by atoms with Crippen LogP contribution in [0.3, 0.4) is 0 Å². The third-order valence-electron chi connectivity index (χ3n) is 3.77. The summed E-state index contributed by atoms with van der Waals surface area (Å²) in [4.78, 5) is 13.5. The number of rotatable bonds is 4. The largest absolute Gasteiger partial charge is 0.453 e. The quantitative estimate of drug-likeness (QED) is 0.818. The van der Waals surface area contributed by atoms with Crippen molar-refractivity contribution in [2.24, 2.45) is 0 Å². The molecule has 0 radical (unpaired) electrons. The van der Waals surface area contributed by atoms with Crippen molar-refractivity contribution in [3.63, 3.8) is 0 Å². The van der Waals surface area contributed by atoms with Gasteiger partial charge in [-0.15, -0.1) is 0 Å². The van der Waals surface area contributed by atoms with Crippen molar-refractivity contribution in [2.45, 2.75) is 25.9 Å². The summed E-state index contributed by atoms with van der Waals surface area (Å²) in [6.07, 6.45) is 0.583. The van der Waals surface area contributed by atoms with E-state index in [1.165, 1.54) is 23.8 Å². The van der Waals surface area contributed by atoms with Gasteiger partial charge in [-0.1, -0.05) is 18.2 Å². The average Bonchev–Trinajstić information content (AvgIpc) is 2.47. The van der Waals surface area contributed by atoms with Gasteiger partial charge in [0, 0.05) is 19.6 Å². The van der Waals surface area contributed by atoms with Crippen LogP contribution < -0.4 is 5.32 Å². The maximum absolute atomic E-state index is 11.7. The summed E-state index contributed by atoms with van der Waals surface area (Å²) in [6, 6.07) is 6.39. The number of ether oxygens (including phenoxy) is 1. The minimum Gasteiger partial charge on any atom is -0.453 e. The van der Waals surface area contributed by atoms with Gasteiger partial charge in [0.25, 0.3) is 0 Å². The molecular formula is C15H22N2O3. The Bertz CT molecular complexity index is 476. The van der Waals surface area contributed by atoms with Gasteiger partial charge in [0.1, 0.15) is 0 Å². The van der Waals surface area contributed by atoms with Gasteiger partial charge < -0.3 is 20.1 Å². The van der Waals surface area contributed by atoms with E-state index in [1.807, 2.05) is 6.92 Å². The van der Waals surface area contributed by atoms with Gasteiger partial charge in [-0.2, -0.15) is 0 Å². The molecule has 1 aromatic carbocycles. The summed E-state index contributed by atoms with van der Waals surface area (Å²) >= 11 is 0. The molecule has 1 unspecified atom stereocenters. The summed E-state index contributed by atoms with van der Waals surface area (Å²) < 4.78 is 4.82. The molecule has 0 saturated carbocycles. The molecule has 20 heavy (non-hydrogen) atoms. The molecule has 0 saturated heterocycles. The Morgan fingerprint density at radius 3 is 3.05 bits per heavy atom. The van der Waals surface area contributed by atoms with E-state index in [0.717, 1.165) is 13.0 Å². The number of carbonyl (C=O) groups excluding carboxylic acids is 1. The van der Waals surface area contributed by atoms with E-state index in [9.17, 15) is 4.79 Å². The number of amides is 1. The smallest absolute Gasteiger partial charge is 0.409 e. The molecular weight excluding hydrogens is 256 g/mol. The molecule has 1 atom stereocenters. The van der Waals surface area contributed by atoms with Crippen molar-refractivity contribution < 1.29 is 14.6 Å². The van der Waals surface area contributed by atoms with Gasteiger partial charge in [-0.05, 0) is 30.0 Å². The molecule has 0 spiro atoms. The first-order chi connectivity index (χ1) is 9.67. The number of nitrogens with one attached hydrogen (secondary N) is 1. The molecule has 0 bridgehead atoms. The van der Waals surface area contributed by atoms with E-state index in [0.29, 0.717) is 13.1 Å². The average molecular weight is 278 g/mol. The molecule has 1 aliphatic heterocycles. The van der Waals surface area contributed by atoms with Crippen LogP contribution in [0, 0.1) is 0 Å². The zero-order chi connectivity index (χ0) is 14.5. The topological polar surface area (TPSA) is 61.8 Å². The minimum atomic E-state index is -0.267. The number of aliphatic hydroxyl groups is 1. The standard InChI is InChI=1S/C15H22N2O3/c1-11-14-4-3-12(10-16-6-8-18)9-13(14)5-7-17(11)15(19)20-2/h3-4,9,11,16,18H,5-8,10H2,1-2H3. The van der Waals surface area contributed by atoms with Crippen LogP contribution in [0.25, 0.3) is 0 Å². The number of nitrogens with zero attached hydrogens (tertiary/aromatic N) is 1. The van der Waals surface area contributed by atoms with Gasteiger partial charge in [0.2, 0.25) is 0 Å². The summed E-state index contributed by atoms with van der Waals surface area (Å²) in [5, 5.41) is 11.9. The lowest BCUT2D eigenvalue weighted by Crippen LogP contribution is -2.38. The van der Waals surface area contributed by atoms with Gasteiger partial charge in [-0.25, -0.2) is 4.79 Å². The van der Waals surface area contributed by atoms with Crippen LogP contribution in [-0.4, -0.2) is 42.9 Å². The number of aliphatic hydroxyl groups excluding tert-OH is 1. The first-order valence-electron chi connectivity index (χ1n) is 6.95. The molecule has 2 rings (SSSR count). The third-order valence-corrected chi connectivity index (χ3v) is 3.77. The van der Waals surface area contributed by atoms with E-state index in [4.69, 9.17) is 9.84 Å². The highest BCUT2D eigenvalue weighted by Crippen LogP contribution is 2.30. The Balaban J connectivity index is 2.11. The molecule has 0 fully saturated rings. The minimum absolute atomic E-state index is 0.0469. The van der Waals surface area contributed by atoms with Crippen LogP contribution in [-0.2, 0) is 17.7 Å². The van der Waals surface area contributed by atoms with Crippen LogP contribution in [0.15, 0.2) is 18.2 Å². The molecule has 1 aromatic rings. The van der Waals surface area contributed by atoms with Crippen molar-refractivity contribution in [3.8, 4) is 0 Å². The number of carbonyl (C=O) groups is 1. The SMILES string of the molecule is COC(=O)N1CCc2cc(CNCCO)ccc2C1C. The van der Waals surface area contributed by atoms with Gasteiger partial charge >= 0.3 is 6.09 Å². The fraction of sp³-hybridized carbons (Fsp3) is 0.533. The van der Waals surface area contributed by atoms with E-state index in [-0.39, 0.29) is 18.7 Å². The monoisotopic (exact) mass is 278 g/mol. The highest BCUT2D eigenvalue weighted by molar-refractivity contribution is 5.68. The Kier molecular flexibility index (Phi) is 4.98. The molecule has 0 aromatic heterocycles. The zero-order valence-electron chi connectivity index (χ0n) is 12.1. The van der Waals surface area contributed by atoms with Gasteiger partial charge in [-0.3, -0.25) is 0 Å². The molecule has 2 N–H and O–H groups in total. The number of hydrogen-bond acceptors (Lipinski definition) is 4. The van der Waals surface area contributed by atoms with Crippen LogP contribution in [0.2, 0.25) is 0 Å². The van der Waals surface area contributed by atoms with Gasteiger partial charge in [0.15, 0.2) is 0 Å². The fourth-order valence-corrected chi connectivity index (χ4v) is 2.67. The number of fused-ring (bicyclic) bond motifs is 1. The fourth-order valence-electron chi connectivity index (χ4n) is 2.67. The molecule has 110 valence electrons. The van der Waals surface area contributed by atoms with Crippen molar-refractivity contribution in [3.05, 3.63) is 34.9 Å². The van der Waals surface area contributed by atoms with Crippen LogP contribution in [0.5, 0.6) is 0 Å². The molecule has 5 nitrogen and oxygen atoms in total. The zero-order valence-corrected chi connectivity index (χ0v) is 12.1. The van der Waals surface area contributed by atoms with Crippen LogP contribution >= 0.6 is 0 Å². The van der Waals surface area contributed by atoms with E-state index < -0.39 is 0 Å². The molecule has 1 aliphatic rings. The van der Waals surface area contributed by atoms with Crippen LogP contribution in [0.1, 0.15) is 29.7 Å². The second kappa shape index (κ2) is 6.72. The normalized spacial score (nSPS) is 17.8. The highest BCUT2D eigenvalue weighted by atomic mass is 16.5. The van der Waals surface area contributed by atoms with Crippen molar-refractivity contribution in [1.82, 2.24) is 10.2 Å². The summed E-state index contributed by atoms with van der Waals surface area (Å²) in [7, 11) is 1.42. The summed E-state index contributed by atoms with van der Waals surface area (Å²) in [5.41, 5.74) is 3.68. The second-order valence-corrected chi connectivity index (χ2v) is 5.02. The lowest BCUT2D eigenvalue weighted by molar-refractivity contribution is 0.105. The number of benzene rings is 1. The lowest BCUT2D eigenvalue weighted by Gasteiger charge is -2.34. The lowest BCUT2D eigenvalue weighted by atomic mass is 9.92. The second-order valence-electron chi connectivity index (χ2n) is 5.02. The predicted molar refractivity (Wildman–Crippen MR) is 76.5 cm³/mol. The van der Waals surface area contributed by atoms with Crippen molar-refractivity contribution >= 4 is 6.09 Å². The number of hydrogen-bond donors (Lipinski definition) is 2. The summed E-state index contributed by atoms with van der Waals surface area (Å²) in [6.45, 7) is 4.22. The first-order valence-corrected chi connectivity index (χ1v) is 6.95. The van der Waals surface area contributed by atoms with E-state index in [2.05, 4.69) is 23.5 Å². The van der Waals surface area contributed by atoms with Crippen molar-refractivity contribution in [1.29, 1.82) is 0 Å². The highest BCUT2D eigenvalue weighted by Gasteiger charge is 2.28. The molecule has 1 heterocycles. The van der Waals surface area contributed by atoms with Gasteiger partial charge in [0.05, 0.1) is 19.8 Å².